The van der Waals surface area contributed by atoms with Gasteiger partial charge in [-0.1, -0.05) is 19.1 Å². The van der Waals surface area contributed by atoms with Crippen molar-refractivity contribution in [1.29, 1.82) is 0 Å². The van der Waals surface area contributed by atoms with Crippen molar-refractivity contribution in [2.75, 3.05) is 20.3 Å². The van der Waals surface area contributed by atoms with Crippen molar-refractivity contribution in [2.45, 2.75) is 33.3 Å². The molecule has 2 aromatic rings. The van der Waals surface area contributed by atoms with Gasteiger partial charge in [0.15, 0.2) is 6.10 Å². The van der Waals surface area contributed by atoms with Crippen LogP contribution in [0.4, 0.5) is 0 Å². The van der Waals surface area contributed by atoms with E-state index in [2.05, 4.69) is 5.32 Å². The van der Waals surface area contributed by atoms with E-state index in [-0.39, 0.29) is 5.91 Å². The topological polar surface area (TPSA) is 56.8 Å². The van der Waals surface area contributed by atoms with Crippen LogP contribution in [0.5, 0.6) is 17.2 Å². The zero-order valence-electron chi connectivity index (χ0n) is 15.9. The highest BCUT2D eigenvalue weighted by atomic mass is 16.5. The first-order valence-corrected chi connectivity index (χ1v) is 8.82. The van der Waals surface area contributed by atoms with Crippen molar-refractivity contribution in [1.82, 2.24) is 5.32 Å². The molecule has 1 amide bonds. The number of hydrogen-bond donors (Lipinski definition) is 1. The Hall–Kier alpha value is -2.69. The lowest BCUT2D eigenvalue weighted by Gasteiger charge is -2.18. The number of carbonyl (C=O) groups is 1. The van der Waals surface area contributed by atoms with Gasteiger partial charge in [0, 0.05) is 6.07 Å². The van der Waals surface area contributed by atoms with Crippen LogP contribution in [0.1, 0.15) is 24.5 Å². The van der Waals surface area contributed by atoms with Crippen LogP contribution in [-0.2, 0) is 4.79 Å². The van der Waals surface area contributed by atoms with E-state index in [1.807, 2.05) is 57.2 Å². The second kappa shape index (κ2) is 9.70. The average Bonchev–Trinajstić information content (AvgIpc) is 2.66. The third-order valence-electron chi connectivity index (χ3n) is 4.13. The number of methoxy groups -OCH3 is 1. The van der Waals surface area contributed by atoms with Gasteiger partial charge in [0.05, 0.1) is 13.7 Å². The van der Waals surface area contributed by atoms with Crippen molar-refractivity contribution < 1.29 is 19.0 Å². The highest BCUT2D eigenvalue weighted by Gasteiger charge is 2.18. The maximum Gasteiger partial charge on any atom is 0.261 e. The first-order chi connectivity index (χ1) is 12.5. The second-order valence-electron chi connectivity index (χ2n) is 6.08. The Kier molecular flexibility index (Phi) is 7.33. The van der Waals surface area contributed by atoms with Crippen LogP contribution >= 0.6 is 0 Å². The summed E-state index contributed by atoms with van der Waals surface area (Å²) in [7, 11) is 1.61. The molecule has 0 aliphatic rings. The van der Waals surface area contributed by atoms with Crippen molar-refractivity contribution in [2.24, 2.45) is 0 Å². The Morgan fingerprint density at radius 1 is 1.04 bits per heavy atom. The molecule has 5 heteroatoms. The lowest BCUT2D eigenvalue weighted by Crippen LogP contribution is -2.39. The van der Waals surface area contributed by atoms with Gasteiger partial charge in [-0.05, 0) is 55.7 Å². The molecule has 0 unspecified atom stereocenters. The molecule has 26 heavy (non-hydrogen) atoms. The smallest absolute Gasteiger partial charge is 0.261 e. The quantitative estimate of drug-likeness (QED) is 0.696. The van der Waals surface area contributed by atoms with Gasteiger partial charge in [-0.3, -0.25) is 4.79 Å². The summed E-state index contributed by atoms with van der Waals surface area (Å²) in [6, 6.07) is 13.2. The van der Waals surface area contributed by atoms with E-state index in [0.717, 1.165) is 11.3 Å². The molecule has 1 atom stereocenters. The Labute approximate surface area is 155 Å². The van der Waals surface area contributed by atoms with Crippen LogP contribution in [0.15, 0.2) is 42.5 Å². The average molecular weight is 357 g/mol. The minimum absolute atomic E-state index is 0.139. The minimum atomic E-state index is -0.520. The number of rotatable bonds is 9. The summed E-state index contributed by atoms with van der Waals surface area (Å²) in [5.74, 6) is 2.01. The second-order valence-corrected chi connectivity index (χ2v) is 6.08. The first-order valence-electron chi connectivity index (χ1n) is 8.82. The molecule has 0 aliphatic carbocycles. The molecule has 0 saturated heterocycles. The summed E-state index contributed by atoms with van der Waals surface area (Å²) < 4.78 is 16.6. The SMILES string of the molecule is CC[C@H](Oc1ccc(C)c(C)c1)C(=O)NCCOc1cccc(OC)c1. The maximum atomic E-state index is 12.3. The monoisotopic (exact) mass is 357 g/mol. The summed E-state index contributed by atoms with van der Waals surface area (Å²) in [6.45, 7) is 6.78. The van der Waals surface area contributed by atoms with E-state index in [1.54, 1.807) is 13.2 Å². The minimum Gasteiger partial charge on any atom is -0.497 e. The number of carbonyl (C=O) groups excluding carboxylic acids is 1. The van der Waals surface area contributed by atoms with Crippen LogP contribution < -0.4 is 19.5 Å². The van der Waals surface area contributed by atoms with E-state index in [0.29, 0.717) is 31.1 Å². The molecule has 2 rings (SSSR count). The van der Waals surface area contributed by atoms with Crippen molar-refractivity contribution in [3.05, 3.63) is 53.6 Å². The van der Waals surface area contributed by atoms with E-state index < -0.39 is 6.10 Å². The number of ether oxygens (including phenoxy) is 3. The molecule has 0 fully saturated rings. The Bertz CT molecular complexity index is 730. The van der Waals surface area contributed by atoms with Crippen molar-refractivity contribution in [3.63, 3.8) is 0 Å². The zero-order valence-corrected chi connectivity index (χ0v) is 15.9. The van der Waals surface area contributed by atoms with Crippen LogP contribution in [0, 0.1) is 13.8 Å². The van der Waals surface area contributed by atoms with Gasteiger partial charge in [-0.2, -0.15) is 0 Å². The van der Waals surface area contributed by atoms with Gasteiger partial charge in [0.2, 0.25) is 0 Å². The predicted octanol–water partition coefficient (Wildman–Crippen LogP) is 3.66. The highest BCUT2D eigenvalue weighted by Crippen LogP contribution is 2.19. The maximum absolute atomic E-state index is 12.3. The summed E-state index contributed by atoms with van der Waals surface area (Å²) in [6.07, 6.45) is 0.0732. The number of nitrogens with one attached hydrogen (secondary N) is 1. The van der Waals surface area contributed by atoms with Crippen LogP contribution in [0.25, 0.3) is 0 Å². The largest absolute Gasteiger partial charge is 0.497 e. The van der Waals surface area contributed by atoms with Gasteiger partial charge in [0.1, 0.15) is 23.9 Å². The molecule has 2 aromatic carbocycles. The van der Waals surface area contributed by atoms with E-state index in [4.69, 9.17) is 14.2 Å². The van der Waals surface area contributed by atoms with E-state index in [9.17, 15) is 4.79 Å². The number of aryl methyl sites for hydroxylation is 2. The Morgan fingerprint density at radius 3 is 2.50 bits per heavy atom. The van der Waals surface area contributed by atoms with Gasteiger partial charge in [0.25, 0.3) is 5.91 Å². The molecule has 0 heterocycles. The molecule has 0 bridgehead atoms. The number of hydrogen-bond acceptors (Lipinski definition) is 4. The zero-order chi connectivity index (χ0) is 18.9. The molecule has 140 valence electrons. The molecule has 0 aliphatic heterocycles. The number of benzene rings is 2. The molecule has 0 radical (unpaired) electrons. The lowest BCUT2D eigenvalue weighted by atomic mass is 10.1. The normalized spacial score (nSPS) is 11.5. The van der Waals surface area contributed by atoms with Crippen molar-refractivity contribution >= 4 is 5.91 Å². The van der Waals surface area contributed by atoms with E-state index >= 15 is 0 Å². The van der Waals surface area contributed by atoms with Gasteiger partial charge >= 0.3 is 0 Å². The third-order valence-corrected chi connectivity index (χ3v) is 4.13. The Balaban J connectivity index is 1.80. The summed E-state index contributed by atoms with van der Waals surface area (Å²) in [5.41, 5.74) is 2.34. The summed E-state index contributed by atoms with van der Waals surface area (Å²) in [4.78, 5) is 12.3. The fraction of sp³-hybridized carbons (Fsp3) is 0.381. The molecule has 5 nitrogen and oxygen atoms in total. The van der Waals surface area contributed by atoms with Crippen LogP contribution in [0.3, 0.4) is 0 Å². The highest BCUT2D eigenvalue weighted by molar-refractivity contribution is 5.81. The fourth-order valence-corrected chi connectivity index (χ4v) is 2.42. The fourth-order valence-electron chi connectivity index (χ4n) is 2.42. The molecular formula is C21H27NO4. The van der Waals surface area contributed by atoms with Crippen LogP contribution in [-0.4, -0.2) is 32.3 Å². The van der Waals surface area contributed by atoms with Crippen LogP contribution in [0.2, 0.25) is 0 Å². The van der Waals surface area contributed by atoms with Gasteiger partial charge in [-0.15, -0.1) is 0 Å². The molecule has 0 saturated carbocycles. The molecule has 0 spiro atoms. The number of amides is 1. The predicted molar refractivity (Wildman–Crippen MR) is 102 cm³/mol. The molecule has 0 aromatic heterocycles. The Morgan fingerprint density at radius 2 is 1.81 bits per heavy atom. The standard InChI is InChI=1S/C21H27NO4/c1-5-20(26-19-10-9-15(2)16(3)13-19)21(23)22-11-12-25-18-8-6-7-17(14-18)24-4/h6-10,13-14,20H,5,11-12H2,1-4H3,(H,22,23)/t20-/m0/s1. The molecular weight excluding hydrogens is 330 g/mol. The lowest BCUT2D eigenvalue weighted by molar-refractivity contribution is -0.128. The van der Waals surface area contributed by atoms with Gasteiger partial charge < -0.3 is 19.5 Å². The third kappa shape index (κ3) is 5.69. The van der Waals surface area contributed by atoms with E-state index in [1.165, 1.54) is 5.56 Å². The van der Waals surface area contributed by atoms with Gasteiger partial charge in [-0.25, -0.2) is 0 Å². The van der Waals surface area contributed by atoms with Crippen molar-refractivity contribution in [3.8, 4) is 17.2 Å². The molecule has 1 N–H and O–H groups in total. The summed E-state index contributed by atoms with van der Waals surface area (Å²) in [5, 5.41) is 2.86. The first kappa shape index (κ1) is 19.6. The summed E-state index contributed by atoms with van der Waals surface area (Å²) >= 11 is 0.